The minimum atomic E-state index is -0.359. The van der Waals surface area contributed by atoms with E-state index in [2.05, 4.69) is 10.3 Å². The molecular formula is C17H19FN2O3. The van der Waals surface area contributed by atoms with Gasteiger partial charge in [0.2, 0.25) is 0 Å². The number of aromatic nitrogens is 1. The number of halogens is 1. The van der Waals surface area contributed by atoms with Gasteiger partial charge < -0.3 is 15.2 Å². The molecule has 5 nitrogen and oxygen atoms in total. The number of amides is 1. The minimum absolute atomic E-state index is 0.0460. The van der Waals surface area contributed by atoms with E-state index in [0.717, 1.165) is 5.69 Å². The molecule has 1 aromatic heterocycles. The van der Waals surface area contributed by atoms with E-state index in [1.54, 1.807) is 6.20 Å². The van der Waals surface area contributed by atoms with Gasteiger partial charge in [-0.3, -0.25) is 9.78 Å². The highest BCUT2D eigenvalue weighted by Crippen LogP contribution is 2.10. The molecule has 0 fully saturated rings. The van der Waals surface area contributed by atoms with Crippen LogP contribution in [0.25, 0.3) is 0 Å². The van der Waals surface area contributed by atoms with Crippen LogP contribution < -0.4 is 10.1 Å². The van der Waals surface area contributed by atoms with Gasteiger partial charge in [0.25, 0.3) is 5.91 Å². The molecule has 1 aromatic carbocycles. The summed E-state index contributed by atoms with van der Waals surface area (Å²) in [6.45, 7) is 0.127. The van der Waals surface area contributed by atoms with Gasteiger partial charge in [0.1, 0.15) is 11.6 Å². The molecule has 0 saturated heterocycles. The molecule has 2 aromatic rings. The number of carbonyl (C=O) groups is 1. The third-order valence-electron chi connectivity index (χ3n) is 3.25. The Morgan fingerprint density at radius 1 is 1.26 bits per heavy atom. The number of nitrogens with zero attached hydrogens (tertiary/aromatic N) is 1. The van der Waals surface area contributed by atoms with Gasteiger partial charge in [0.15, 0.2) is 6.61 Å². The lowest BCUT2D eigenvalue weighted by Gasteiger charge is -2.15. The van der Waals surface area contributed by atoms with Crippen molar-refractivity contribution >= 4 is 5.91 Å². The fraction of sp³-hybridized carbons (Fsp3) is 0.294. The number of hydrogen-bond acceptors (Lipinski definition) is 4. The van der Waals surface area contributed by atoms with Gasteiger partial charge in [-0.25, -0.2) is 4.39 Å². The number of carbonyl (C=O) groups excluding carboxylic acids is 1. The van der Waals surface area contributed by atoms with Crippen LogP contribution in [-0.2, 0) is 11.2 Å². The third-order valence-corrected chi connectivity index (χ3v) is 3.25. The summed E-state index contributed by atoms with van der Waals surface area (Å²) in [7, 11) is 0. The van der Waals surface area contributed by atoms with Crippen molar-refractivity contribution in [1.82, 2.24) is 10.3 Å². The number of aliphatic hydroxyl groups excluding tert-OH is 1. The van der Waals surface area contributed by atoms with E-state index in [4.69, 9.17) is 4.74 Å². The molecule has 2 rings (SSSR count). The van der Waals surface area contributed by atoms with Crippen molar-refractivity contribution in [2.45, 2.75) is 6.42 Å². The predicted molar refractivity (Wildman–Crippen MR) is 83.4 cm³/mol. The Kier molecular flexibility index (Phi) is 6.50. The van der Waals surface area contributed by atoms with E-state index in [1.165, 1.54) is 24.3 Å². The molecule has 23 heavy (non-hydrogen) atoms. The smallest absolute Gasteiger partial charge is 0.257 e. The lowest BCUT2D eigenvalue weighted by molar-refractivity contribution is -0.123. The predicted octanol–water partition coefficient (Wildman–Crippen LogP) is 1.57. The number of ether oxygens (including phenoxy) is 1. The fourth-order valence-corrected chi connectivity index (χ4v) is 2.00. The van der Waals surface area contributed by atoms with Crippen LogP contribution in [0.5, 0.6) is 5.75 Å². The average Bonchev–Trinajstić information content (AvgIpc) is 2.59. The van der Waals surface area contributed by atoms with Gasteiger partial charge in [-0.15, -0.1) is 0 Å². The summed E-state index contributed by atoms with van der Waals surface area (Å²) in [5, 5.41) is 12.1. The number of benzene rings is 1. The first kappa shape index (κ1) is 16.9. The zero-order valence-electron chi connectivity index (χ0n) is 12.6. The number of hydrogen-bond donors (Lipinski definition) is 2. The zero-order valence-corrected chi connectivity index (χ0v) is 12.6. The molecule has 1 atom stereocenters. The second-order valence-corrected chi connectivity index (χ2v) is 5.12. The van der Waals surface area contributed by atoms with Gasteiger partial charge in [0, 0.05) is 31.0 Å². The zero-order chi connectivity index (χ0) is 16.5. The Labute approximate surface area is 134 Å². The maximum atomic E-state index is 12.7. The molecule has 0 radical (unpaired) electrons. The Balaban J connectivity index is 1.72. The van der Waals surface area contributed by atoms with Gasteiger partial charge >= 0.3 is 0 Å². The van der Waals surface area contributed by atoms with Gasteiger partial charge in [-0.05, 0) is 42.8 Å². The van der Waals surface area contributed by atoms with Gasteiger partial charge in [0.05, 0.1) is 0 Å². The van der Waals surface area contributed by atoms with Crippen LogP contribution in [0.4, 0.5) is 4.39 Å². The Hall–Kier alpha value is -2.47. The van der Waals surface area contributed by atoms with Crippen LogP contribution in [0.3, 0.4) is 0 Å². The Morgan fingerprint density at radius 2 is 2.04 bits per heavy atom. The molecule has 6 heteroatoms. The van der Waals surface area contributed by atoms with Crippen molar-refractivity contribution in [1.29, 1.82) is 0 Å². The highest BCUT2D eigenvalue weighted by atomic mass is 19.1. The molecule has 0 bridgehead atoms. The van der Waals surface area contributed by atoms with E-state index in [9.17, 15) is 14.3 Å². The lowest BCUT2D eigenvalue weighted by atomic mass is 10.0. The Morgan fingerprint density at radius 3 is 2.70 bits per heavy atom. The summed E-state index contributed by atoms with van der Waals surface area (Å²) in [4.78, 5) is 15.9. The number of rotatable bonds is 8. The van der Waals surface area contributed by atoms with Crippen molar-refractivity contribution in [2.75, 3.05) is 19.8 Å². The first-order valence-corrected chi connectivity index (χ1v) is 7.33. The topological polar surface area (TPSA) is 71.5 Å². The standard InChI is InChI=1S/C17H19FN2O3/c18-14-4-6-16(7-5-14)23-12-17(22)20-10-13(11-21)9-15-3-1-2-8-19-15/h1-8,13,21H,9-12H2,(H,20,22). The van der Waals surface area contributed by atoms with E-state index in [-0.39, 0.29) is 30.9 Å². The summed E-state index contributed by atoms with van der Waals surface area (Å²) in [6, 6.07) is 11.0. The molecule has 1 unspecified atom stereocenters. The van der Waals surface area contributed by atoms with Crippen LogP contribution in [0.2, 0.25) is 0 Å². The van der Waals surface area contributed by atoms with Gasteiger partial charge in [-0.2, -0.15) is 0 Å². The first-order chi connectivity index (χ1) is 11.2. The molecule has 0 aliphatic carbocycles. The largest absolute Gasteiger partial charge is 0.484 e. The molecule has 0 saturated carbocycles. The average molecular weight is 318 g/mol. The van der Waals surface area contributed by atoms with Crippen molar-refractivity contribution in [2.24, 2.45) is 5.92 Å². The van der Waals surface area contributed by atoms with E-state index < -0.39 is 0 Å². The van der Waals surface area contributed by atoms with Crippen molar-refractivity contribution in [3.05, 3.63) is 60.2 Å². The van der Waals surface area contributed by atoms with Crippen LogP contribution in [0.15, 0.2) is 48.7 Å². The second kappa shape index (κ2) is 8.85. The highest BCUT2D eigenvalue weighted by molar-refractivity contribution is 5.77. The van der Waals surface area contributed by atoms with E-state index in [0.29, 0.717) is 18.7 Å². The number of nitrogens with one attached hydrogen (secondary N) is 1. The van der Waals surface area contributed by atoms with Crippen LogP contribution in [-0.4, -0.2) is 35.8 Å². The highest BCUT2D eigenvalue weighted by Gasteiger charge is 2.11. The summed E-state index contributed by atoms with van der Waals surface area (Å²) < 4.78 is 18.0. The summed E-state index contributed by atoms with van der Waals surface area (Å²) >= 11 is 0. The van der Waals surface area contributed by atoms with Crippen LogP contribution in [0, 0.1) is 11.7 Å². The van der Waals surface area contributed by atoms with Gasteiger partial charge in [-0.1, -0.05) is 6.07 Å². The number of aliphatic hydroxyl groups is 1. The fourth-order valence-electron chi connectivity index (χ4n) is 2.00. The maximum Gasteiger partial charge on any atom is 0.257 e. The summed E-state index contributed by atoms with van der Waals surface area (Å²) in [5.41, 5.74) is 0.864. The molecule has 0 aliphatic heterocycles. The number of pyridine rings is 1. The van der Waals surface area contributed by atoms with Crippen molar-refractivity contribution in [3.63, 3.8) is 0 Å². The minimum Gasteiger partial charge on any atom is -0.484 e. The molecule has 0 aliphatic rings. The normalized spacial score (nSPS) is 11.7. The molecule has 1 amide bonds. The Bertz CT molecular complexity index is 605. The van der Waals surface area contributed by atoms with Crippen molar-refractivity contribution < 1.29 is 19.0 Å². The lowest BCUT2D eigenvalue weighted by Crippen LogP contribution is -2.35. The molecule has 2 N–H and O–H groups in total. The first-order valence-electron chi connectivity index (χ1n) is 7.33. The molecule has 0 spiro atoms. The molecule has 1 heterocycles. The maximum absolute atomic E-state index is 12.7. The SMILES string of the molecule is O=C(COc1ccc(F)cc1)NCC(CO)Cc1ccccn1. The van der Waals surface area contributed by atoms with Crippen LogP contribution in [0.1, 0.15) is 5.69 Å². The van der Waals surface area contributed by atoms with E-state index >= 15 is 0 Å². The third kappa shape index (κ3) is 6.04. The summed E-state index contributed by atoms with van der Waals surface area (Å²) in [6.07, 6.45) is 2.27. The quantitative estimate of drug-likeness (QED) is 0.775. The second-order valence-electron chi connectivity index (χ2n) is 5.12. The van der Waals surface area contributed by atoms with Crippen LogP contribution >= 0.6 is 0 Å². The van der Waals surface area contributed by atoms with E-state index in [1.807, 2.05) is 18.2 Å². The van der Waals surface area contributed by atoms with Crippen molar-refractivity contribution in [3.8, 4) is 5.75 Å². The monoisotopic (exact) mass is 318 g/mol. The summed E-state index contributed by atoms with van der Waals surface area (Å²) in [5.74, 6) is -0.343. The molecule has 122 valence electrons. The molecular weight excluding hydrogens is 299 g/mol.